The molecule has 0 fully saturated rings. The Hall–Kier alpha value is -2.50. The van der Waals surface area contributed by atoms with Crippen LogP contribution in [-0.4, -0.2) is 15.5 Å². The number of benzene rings is 3. The first kappa shape index (κ1) is 17.3. The lowest BCUT2D eigenvalue weighted by Gasteiger charge is -2.19. The molecular weight excluding hydrogens is 356 g/mol. The highest BCUT2D eigenvalue weighted by Crippen LogP contribution is 2.25. The minimum atomic E-state index is -3.64. The fourth-order valence-electron chi connectivity index (χ4n) is 2.38. The molecule has 0 aliphatic heterocycles. The molecule has 0 saturated carbocycles. The Bertz CT molecular complexity index is 941. The molecule has 0 radical (unpaired) electrons. The fourth-order valence-corrected chi connectivity index (χ4v) is 3.57. The Kier molecular flexibility index (Phi) is 4.97. The molecule has 128 valence electrons. The number of hydrogen-bond donors (Lipinski definition) is 1. The maximum absolute atomic E-state index is 12.4. The smallest absolute Gasteiger partial charge is 0.261 e. The minimum absolute atomic E-state index is 0.169. The van der Waals surface area contributed by atoms with E-state index in [1.807, 2.05) is 54.4 Å². The molecule has 0 atom stereocenters. The van der Waals surface area contributed by atoms with Crippen molar-refractivity contribution in [1.82, 2.24) is 0 Å². The lowest BCUT2D eigenvalue weighted by atomic mass is 10.2. The van der Waals surface area contributed by atoms with E-state index < -0.39 is 10.0 Å². The van der Waals surface area contributed by atoms with E-state index >= 15 is 0 Å². The highest BCUT2D eigenvalue weighted by atomic mass is 35.5. The van der Waals surface area contributed by atoms with Crippen LogP contribution in [0.4, 0.5) is 17.1 Å². The first-order chi connectivity index (χ1) is 12.0. The van der Waals surface area contributed by atoms with E-state index in [9.17, 15) is 8.42 Å². The van der Waals surface area contributed by atoms with Crippen molar-refractivity contribution in [2.75, 3.05) is 16.7 Å². The van der Waals surface area contributed by atoms with Crippen molar-refractivity contribution >= 4 is 38.7 Å². The Balaban J connectivity index is 1.77. The van der Waals surface area contributed by atoms with Gasteiger partial charge in [-0.05, 0) is 60.7 Å². The standard InChI is InChI=1S/C19H17ClN2O2S/c1-22(17-5-3-2-4-6-17)18-11-9-16(10-12-18)21-25(23,24)19-13-7-15(20)8-14-19/h2-14,21H,1H3. The van der Waals surface area contributed by atoms with Crippen LogP contribution >= 0.6 is 11.6 Å². The van der Waals surface area contributed by atoms with Crippen molar-refractivity contribution in [1.29, 1.82) is 0 Å². The summed E-state index contributed by atoms with van der Waals surface area (Å²) in [6, 6.07) is 23.2. The monoisotopic (exact) mass is 372 g/mol. The van der Waals surface area contributed by atoms with Crippen LogP contribution in [0.15, 0.2) is 83.8 Å². The number of para-hydroxylation sites is 1. The highest BCUT2D eigenvalue weighted by Gasteiger charge is 2.14. The molecule has 0 amide bonds. The summed E-state index contributed by atoms with van der Waals surface area (Å²) < 4.78 is 27.3. The third kappa shape index (κ3) is 4.13. The SMILES string of the molecule is CN(c1ccccc1)c1ccc(NS(=O)(=O)c2ccc(Cl)cc2)cc1. The van der Waals surface area contributed by atoms with Gasteiger partial charge in [0.25, 0.3) is 10.0 Å². The summed E-state index contributed by atoms with van der Waals surface area (Å²) in [5.41, 5.74) is 2.51. The van der Waals surface area contributed by atoms with E-state index in [1.54, 1.807) is 24.3 Å². The molecule has 0 unspecified atom stereocenters. The molecule has 0 saturated heterocycles. The molecule has 0 aliphatic rings. The third-order valence-corrected chi connectivity index (χ3v) is 5.42. The van der Waals surface area contributed by atoms with Gasteiger partial charge in [0.15, 0.2) is 0 Å². The van der Waals surface area contributed by atoms with Crippen LogP contribution in [0, 0.1) is 0 Å². The predicted octanol–water partition coefficient (Wildman–Crippen LogP) is 4.91. The number of anilines is 3. The van der Waals surface area contributed by atoms with Crippen LogP contribution in [-0.2, 0) is 10.0 Å². The Morgan fingerprint density at radius 3 is 1.96 bits per heavy atom. The molecule has 6 heteroatoms. The second-order valence-corrected chi connectivity index (χ2v) is 7.62. The van der Waals surface area contributed by atoms with Crippen molar-refractivity contribution in [3.63, 3.8) is 0 Å². The fraction of sp³-hybridized carbons (Fsp3) is 0.0526. The highest BCUT2D eigenvalue weighted by molar-refractivity contribution is 7.92. The van der Waals surface area contributed by atoms with E-state index in [0.717, 1.165) is 11.4 Å². The maximum Gasteiger partial charge on any atom is 0.261 e. The zero-order valence-corrected chi connectivity index (χ0v) is 15.1. The van der Waals surface area contributed by atoms with Gasteiger partial charge in [-0.1, -0.05) is 29.8 Å². The van der Waals surface area contributed by atoms with Crippen LogP contribution in [0.1, 0.15) is 0 Å². The van der Waals surface area contributed by atoms with E-state index in [2.05, 4.69) is 4.72 Å². The summed E-state index contributed by atoms with van der Waals surface area (Å²) >= 11 is 5.80. The third-order valence-electron chi connectivity index (χ3n) is 3.77. The molecule has 0 heterocycles. The lowest BCUT2D eigenvalue weighted by Crippen LogP contribution is -2.13. The van der Waals surface area contributed by atoms with Crippen molar-refractivity contribution in [2.45, 2.75) is 4.90 Å². The summed E-state index contributed by atoms with van der Waals surface area (Å²) in [5.74, 6) is 0. The first-order valence-corrected chi connectivity index (χ1v) is 9.49. The topological polar surface area (TPSA) is 49.4 Å². The largest absolute Gasteiger partial charge is 0.345 e. The zero-order valence-electron chi connectivity index (χ0n) is 13.6. The van der Waals surface area contributed by atoms with Crippen LogP contribution in [0.25, 0.3) is 0 Å². The average Bonchev–Trinajstić information content (AvgIpc) is 2.62. The average molecular weight is 373 g/mol. The van der Waals surface area contributed by atoms with E-state index in [-0.39, 0.29) is 4.90 Å². The van der Waals surface area contributed by atoms with Crippen molar-refractivity contribution in [3.8, 4) is 0 Å². The molecule has 3 rings (SSSR count). The summed E-state index contributed by atoms with van der Waals surface area (Å²) in [6.07, 6.45) is 0. The number of sulfonamides is 1. The molecule has 0 spiro atoms. The molecule has 3 aromatic carbocycles. The van der Waals surface area contributed by atoms with Crippen molar-refractivity contribution in [2.24, 2.45) is 0 Å². The van der Waals surface area contributed by atoms with Crippen LogP contribution in [0.5, 0.6) is 0 Å². The molecule has 0 aromatic heterocycles. The molecule has 25 heavy (non-hydrogen) atoms. The zero-order chi connectivity index (χ0) is 17.9. The van der Waals surface area contributed by atoms with Gasteiger partial charge >= 0.3 is 0 Å². The molecule has 0 bridgehead atoms. The van der Waals surface area contributed by atoms with Gasteiger partial charge in [0.05, 0.1) is 4.90 Å². The quantitative estimate of drug-likeness (QED) is 0.692. The summed E-state index contributed by atoms with van der Waals surface area (Å²) in [4.78, 5) is 2.19. The van der Waals surface area contributed by atoms with Crippen LogP contribution in [0.3, 0.4) is 0 Å². The molecule has 1 N–H and O–H groups in total. The van der Waals surface area contributed by atoms with E-state index in [1.165, 1.54) is 12.1 Å². The number of rotatable bonds is 5. The summed E-state index contributed by atoms with van der Waals surface area (Å²) in [6.45, 7) is 0. The number of nitrogens with zero attached hydrogens (tertiary/aromatic N) is 1. The van der Waals surface area contributed by atoms with Crippen LogP contribution < -0.4 is 9.62 Å². The summed E-state index contributed by atoms with van der Waals surface area (Å²) in [5, 5.41) is 0.493. The van der Waals surface area contributed by atoms with Gasteiger partial charge < -0.3 is 4.90 Å². The predicted molar refractivity (Wildman–Crippen MR) is 103 cm³/mol. The normalized spacial score (nSPS) is 11.1. The molecule has 0 aliphatic carbocycles. The van der Waals surface area contributed by atoms with Crippen molar-refractivity contribution < 1.29 is 8.42 Å². The van der Waals surface area contributed by atoms with Gasteiger partial charge in [-0.25, -0.2) is 8.42 Å². The number of hydrogen-bond acceptors (Lipinski definition) is 3. The van der Waals surface area contributed by atoms with Gasteiger partial charge in [-0.3, -0.25) is 4.72 Å². The lowest BCUT2D eigenvalue weighted by molar-refractivity contribution is 0.601. The number of nitrogens with one attached hydrogen (secondary N) is 1. The van der Waals surface area contributed by atoms with E-state index in [0.29, 0.717) is 10.7 Å². The van der Waals surface area contributed by atoms with Gasteiger partial charge in [-0.15, -0.1) is 0 Å². The summed E-state index contributed by atoms with van der Waals surface area (Å²) in [7, 11) is -1.68. The van der Waals surface area contributed by atoms with Gasteiger partial charge in [0.1, 0.15) is 0 Å². The molecular formula is C19H17ClN2O2S. The molecule has 4 nitrogen and oxygen atoms in total. The first-order valence-electron chi connectivity index (χ1n) is 7.63. The second-order valence-electron chi connectivity index (χ2n) is 5.50. The minimum Gasteiger partial charge on any atom is -0.345 e. The maximum atomic E-state index is 12.4. The van der Waals surface area contributed by atoms with Gasteiger partial charge in [-0.2, -0.15) is 0 Å². The van der Waals surface area contributed by atoms with Gasteiger partial charge in [0.2, 0.25) is 0 Å². The van der Waals surface area contributed by atoms with E-state index in [4.69, 9.17) is 11.6 Å². The molecule has 3 aromatic rings. The Morgan fingerprint density at radius 1 is 0.800 bits per heavy atom. The Labute approximate surface area is 152 Å². The second kappa shape index (κ2) is 7.17. The van der Waals surface area contributed by atoms with Crippen LogP contribution in [0.2, 0.25) is 5.02 Å². The Morgan fingerprint density at radius 2 is 1.36 bits per heavy atom. The van der Waals surface area contributed by atoms with Gasteiger partial charge in [0, 0.05) is 29.1 Å². The van der Waals surface area contributed by atoms with Crippen molar-refractivity contribution in [3.05, 3.63) is 83.9 Å². The number of halogens is 1.